The summed E-state index contributed by atoms with van der Waals surface area (Å²) in [6.45, 7) is 15.5. The van der Waals surface area contributed by atoms with Gasteiger partial charge in [0.05, 0.1) is 0 Å². The van der Waals surface area contributed by atoms with Crippen LogP contribution in [0, 0.1) is 0 Å². The van der Waals surface area contributed by atoms with E-state index >= 15 is 0 Å². The first kappa shape index (κ1) is 15.9. The Bertz CT molecular complexity index is 186. The number of hydrogen-bond acceptors (Lipinski definition) is 3. The number of nitrogens with one attached hydrogen (secondary N) is 1. The summed E-state index contributed by atoms with van der Waals surface area (Å²) in [5.41, 5.74) is 0. The lowest BCUT2D eigenvalue weighted by molar-refractivity contribution is 0.176. The van der Waals surface area contributed by atoms with Gasteiger partial charge in [-0.2, -0.15) is 0 Å². The normalized spacial score (nSPS) is 18.5. The molecule has 0 bridgehead atoms. The molecule has 108 valence electrons. The molecule has 1 aliphatic rings. The topological polar surface area (TPSA) is 18.5 Å². The summed E-state index contributed by atoms with van der Waals surface area (Å²) in [6, 6.07) is 0.687. The van der Waals surface area contributed by atoms with Crippen LogP contribution >= 0.6 is 0 Å². The lowest BCUT2D eigenvalue weighted by atomic mass is 10.2. The van der Waals surface area contributed by atoms with Gasteiger partial charge < -0.3 is 10.2 Å². The third-order valence-corrected chi connectivity index (χ3v) is 3.92. The van der Waals surface area contributed by atoms with E-state index in [1.165, 1.54) is 65.0 Å². The molecule has 3 nitrogen and oxygen atoms in total. The Morgan fingerprint density at radius 2 is 1.94 bits per heavy atom. The molecular formula is C15H33N3. The minimum Gasteiger partial charge on any atom is -0.315 e. The van der Waals surface area contributed by atoms with E-state index in [1.54, 1.807) is 0 Å². The second-order valence-corrected chi connectivity index (χ2v) is 5.78. The Labute approximate surface area is 114 Å². The fourth-order valence-electron chi connectivity index (χ4n) is 2.59. The SMILES string of the molecule is CCCCCN(CCN1CCCNCC1)C(C)C. The first-order valence-corrected chi connectivity index (χ1v) is 7.91. The van der Waals surface area contributed by atoms with Crippen molar-refractivity contribution in [2.24, 2.45) is 0 Å². The third-order valence-electron chi connectivity index (χ3n) is 3.92. The lowest BCUT2D eigenvalue weighted by Gasteiger charge is -2.29. The summed E-state index contributed by atoms with van der Waals surface area (Å²) in [6.07, 6.45) is 5.36. The van der Waals surface area contributed by atoms with Crippen molar-refractivity contribution < 1.29 is 0 Å². The van der Waals surface area contributed by atoms with Gasteiger partial charge in [-0.3, -0.25) is 4.90 Å². The highest BCUT2D eigenvalue weighted by Gasteiger charge is 2.12. The molecule has 1 heterocycles. The molecule has 0 aliphatic carbocycles. The molecule has 0 aromatic rings. The standard InChI is InChI=1S/C15H33N3/c1-4-5-6-11-18(15(2)3)14-13-17-10-7-8-16-9-12-17/h15-16H,4-14H2,1-3H3. The fraction of sp³-hybridized carbons (Fsp3) is 1.00. The Balaban J connectivity index is 2.22. The predicted octanol–water partition coefficient (Wildman–Crippen LogP) is 2.18. The predicted molar refractivity (Wildman–Crippen MR) is 80.2 cm³/mol. The maximum Gasteiger partial charge on any atom is 0.0112 e. The van der Waals surface area contributed by atoms with Crippen LogP contribution in [0.25, 0.3) is 0 Å². The zero-order chi connectivity index (χ0) is 13.2. The van der Waals surface area contributed by atoms with Crippen LogP contribution in [0.15, 0.2) is 0 Å². The van der Waals surface area contributed by atoms with E-state index in [0.29, 0.717) is 6.04 Å². The molecule has 0 radical (unpaired) electrons. The second-order valence-electron chi connectivity index (χ2n) is 5.78. The van der Waals surface area contributed by atoms with E-state index < -0.39 is 0 Å². The minimum atomic E-state index is 0.687. The summed E-state index contributed by atoms with van der Waals surface area (Å²) < 4.78 is 0. The lowest BCUT2D eigenvalue weighted by Crippen LogP contribution is -2.40. The molecule has 0 atom stereocenters. The molecule has 0 amide bonds. The average Bonchev–Trinajstić information content (AvgIpc) is 2.61. The molecule has 0 unspecified atom stereocenters. The number of hydrogen-bond donors (Lipinski definition) is 1. The number of nitrogens with zero attached hydrogens (tertiary/aromatic N) is 2. The van der Waals surface area contributed by atoms with Crippen molar-refractivity contribution in [1.29, 1.82) is 0 Å². The average molecular weight is 255 g/mol. The van der Waals surface area contributed by atoms with E-state index in [1.807, 2.05) is 0 Å². The van der Waals surface area contributed by atoms with E-state index in [4.69, 9.17) is 0 Å². The van der Waals surface area contributed by atoms with Crippen molar-refractivity contribution in [3.05, 3.63) is 0 Å². The van der Waals surface area contributed by atoms with Crippen molar-refractivity contribution in [2.45, 2.75) is 52.5 Å². The molecule has 1 N–H and O–H groups in total. The quantitative estimate of drug-likeness (QED) is 0.671. The summed E-state index contributed by atoms with van der Waals surface area (Å²) in [5.74, 6) is 0. The molecule has 0 aromatic carbocycles. The van der Waals surface area contributed by atoms with Gasteiger partial charge in [-0.25, -0.2) is 0 Å². The molecule has 18 heavy (non-hydrogen) atoms. The van der Waals surface area contributed by atoms with E-state index in [2.05, 4.69) is 35.9 Å². The molecule has 1 fully saturated rings. The van der Waals surface area contributed by atoms with E-state index in [-0.39, 0.29) is 0 Å². The van der Waals surface area contributed by atoms with Gasteiger partial charge in [0.15, 0.2) is 0 Å². The highest BCUT2D eigenvalue weighted by Crippen LogP contribution is 2.04. The molecule has 3 heteroatoms. The van der Waals surface area contributed by atoms with E-state index in [9.17, 15) is 0 Å². The molecule has 1 aliphatic heterocycles. The maximum atomic E-state index is 3.47. The van der Waals surface area contributed by atoms with Crippen LogP contribution in [0.4, 0.5) is 0 Å². The van der Waals surface area contributed by atoms with Crippen LogP contribution in [0.2, 0.25) is 0 Å². The van der Waals surface area contributed by atoms with Crippen LogP contribution in [-0.2, 0) is 0 Å². The molecule has 0 spiro atoms. The molecule has 1 saturated heterocycles. The first-order valence-electron chi connectivity index (χ1n) is 7.91. The van der Waals surface area contributed by atoms with Gasteiger partial charge in [-0.1, -0.05) is 19.8 Å². The summed E-state index contributed by atoms with van der Waals surface area (Å²) in [7, 11) is 0. The Morgan fingerprint density at radius 3 is 2.67 bits per heavy atom. The van der Waals surface area contributed by atoms with Gasteiger partial charge in [0.1, 0.15) is 0 Å². The van der Waals surface area contributed by atoms with Gasteiger partial charge >= 0.3 is 0 Å². The smallest absolute Gasteiger partial charge is 0.0112 e. The van der Waals surface area contributed by atoms with E-state index in [0.717, 1.165) is 6.54 Å². The van der Waals surface area contributed by atoms with Crippen molar-refractivity contribution >= 4 is 0 Å². The van der Waals surface area contributed by atoms with Crippen LogP contribution in [0.5, 0.6) is 0 Å². The largest absolute Gasteiger partial charge is 0.315 e. The van der Waals surface area contributed by atoms with Gasteiger partial charge in [0.2, 0.25) is 0 Å². The van der Waals surface area contributed by atoms with Crippen molar-refractivity contribution in [3.63, 3.8) is 0 Å². The third kappa shape index (κ3) is 6.72. The minimum absolute atomic E-state index is 0.687. The zero-order valence-corrected chi connectivity index (χ0v) is 12.7. The maximum absolute atomic E-state index is 3.47. The van der Waals surface area contributed by atoms with Crippen molar-refractivity contribution in [2.75, 3.05) is 45.8 Å². The highest BCUT2D eigenvalue weighted by atomic mass is 15.2. The van der Waals surface area contributed by atoms with Crippen LogP contribution in [0.3, 0.4) is 0 Å². The molecule has 0 aromatic heterocycles. The highest BCUT2D eigenvalue weighted by molar-refractivity contribution is 4.70. The van der Waals surface area contributed by atoms with Gasteiger partial charge in [-0.05, 0) is 46.3 Å². The Hall–Kier alpha value is -0.120. The van der Waals surface area contributed by atoms with Gasteiger partial charge in [0.25, 0.3) is 0 Å². The molecule has 0 saturated carbocycles. The zero-order valence-electron chi connectivity index (χ0n) is 12.7. The fourth-order valence-corrected chi connectivity index (χ4v) is 2.59. The summed E-state index contributed by atoms with van der Waals surface area (Å²) in [5, 5.41) is 3.47. The van der Waals surface area contributed by atoms with Gasteiger partial charge in [0, 0.05) is 32.2 Å². The van der Waals surface area contributed by atoms with Crippen molar-refractivity contribution in [1.82, 2.24) is 15.1 Å². The van der Waals surface area contributed by atoms with Crippen LogP contribution in [0.1, 0.15) is 46.5 Å². The van der Waals surface area contributed by atoms with Crippen LogP contribution in [-0.4, -0.2) is 61.7 Å². The number of unbranched alkanes of at least 4 members (excludes halogenated alkanes) is 2. The Morgan fingerprint density at radius 1 is 1.11 bits per heavy atom. The molecule has 1 rings (SSSR count). The van der Waals surface area contributed by atoms with Crippen LogP contribution < -0.4 is 5.32 Å². The monoisotopic (exact) mass is 255 g/mol. The van der Waals surface area contributed by atoms with Gasteiger partial charge in [-0.15, -0.1) is 0 Å². The Kier molecular flexibility index (Phi) is 8.64. The number of rotatable bonds is 8. The summed E-state index contributed by atoms with van der Waals surface area (Å²) >= 11 is 0. The molecular weight excluding hydrogens is 222 g/mol. The summed E-state index contributed by atoms with van der Waals surface area (Å²) in [4.78, 5) is 5.27. The second kappa shape index (κ2) is 9.76. The van der Waals surface area contributed by atoms with Crippen molar-refractivity contribution in [3.8, 4) is 0 Å². The first-order chi connectivity index (χ1) is 8.74.